The van der Waals surface area contributed by atoms with Crippen molar-refractivity contribution < 1.29 is 23.1 Å². The van der Waals surface area contributed by atoms with Crippen LogP contribution in [0.1, 0.15) is 27.9 Å². The number of hydrogen-bond acceptors (Lipinski definition) is 4. The first kappa shape index (κ1) is 15.9. The second kappa shape index (κ2) is 6.55. The molecule has 0 aliphatic carbocycles. The molecule has 1 aliphatic heterocycles. The summed E-state index contributed by atoms with van der Waals surface area (Å²) in [7, 11) is -1.79. The molecule has 0 unspecified atom stereocenters. The molecule has 1 N–H and O–H groups in total. The summed E-state index contributed by atoms with van der Waals surface area (Å²) in [6.45, 7) is 0.977. The van der Waals surface area contributed by atoms with E-state index in [9.17, 15) is 13.2 Å². The molecular weight excluding hydrogens is 294 g/mol. The number of sulfonamides is 1. The third-order valence-corrected chi connectivity index (χ3v) is 5.51. The SMILES string of the molecule is COCCCS(=O)(=O)N1CCc2c(cccc2C(=O)O)C1. The smallest absolute Gasteiger partial charge is 0.335 e. The van der Waals surface area contributed by atoms with Crippen molar-refractivity contribution in [2.75, 3.05) is 26.0 Å². The number of carbonyl (C=O) groups is 1. The highest BCUT2D eigenvalue weighted by Crippen LogP contribution is 2.24. The van der Waals surface area contributed by atoms with Gasteiger partial charge in [-0.1, -0.05) is 12.1 Å². The number of nitrogens with zero attached hydrogens (tertiary/aromatic N) is 1. The van der Waals surface area contributed by atoms with E-state index in [4.69, 9.17) is 9.84 Å². The maximum Gasteiger partial charge on any atom is 0.335 e. The number of carboxylic acids is 1. The largest absolute Gasteiger partial charge is 0.478 e. The first-order chi connectivity index (χ1) is 9.95. The van der Waals surface area contributed by atoms with E-state index < -0.39 is 16.0 Å². The molecular formula is C14H19NO5S. The Kier molecular flexibility index (Phi) is 4.97. The number of fused-ring (bicyclic) bond motifs is 1. The molecule has 0 saturated carbocycles. The molecule has 0 bridgehead atoms. The van der Waals surface area contributed by atoms with E-state index >= 15 is 0 Å². The van der Waals surface area contributed by atoms with E-state index in [1.54, 1.807) is 18.2 Å². The first-order valence-corrected chi connectivity index (χ1v) is 8.37. The Labute approximate surface area is 124 Å². The fourth-order valence-electron chi connectivity index (χ4n) is 2.54. The molecule has 2 rings (SSSR count). The third-order valence-electron chi connectivity index (χ3n) is 3.61. The van der Waals surface area contributed by atoms with Crippen molar-refractivity contribution >= 4 is 16.0 Å². The highest BCUT2D eigenvalue weighted by molar-refractivity contribution is 7.89. The van der Waals surface area contributed by atoms with Gasteiger partial charge in [-0.05, 0) is 30.0 Å². The van der Waals surface area contributed by atoms with Crippen LogP contribution in [-0.4, -0.2) is 49.8 Å². The number of ether oxygens (including phenoxy) is 1. The van der Waals surface area contributed by atoms with Crippen LogP contribution in [0.25, 0.3) is 0 Å². The third kappa shape index (κ3) is 3.61. The van der Waals surface area contributed by atoms with Crippen LogP contribution < -0.4 is 0 Å². The molecule has 0 saturated heterocycles. The molecule has 0 spiro atoms. The van der Waals surface area contributed by atoms with Crippen molar-refractivity contribution in [3.05, 3.63) is 34.9 Å². The van der Waals surface area contributed by atoms with Gasteiger partial charge in [0, 0.05) is 26.8 Å². The lowest BCUT2D eigenvalue weighted by molar-refractivity contribution is 0.0695. The van der Waals surface area contributed by atoms with Gasteiger partial charge in [0.1, 0.15) is 0 Å². The monoisotopic (exact) mass is 313 g/mol. The molecule has 7 heteroatoms. The van der Waals surface area contributed by atoms with E-state index in [0.717, 1.165) is 11.1 Å². The molecule has 21 heavy (non-hydrogen) atoms. The van der Waals surface area contributed by atoms with Crippen LogP contribution in [0.5, 0.6) is 0 Å². The molecule has 1 aliphatic rings. The van der Waals surface area contributed by atoms with E-state index in [1.807, 2.05) is 0 Å². The zero-order chi connectivity index (χ0) is 15.5. The van der Waals surface area contributed by atoms with Crippen LogP contribution in [-0.2, 0) is 27.7 Å². The molecule has 1 heterocycles. The fraction of sp³-hybridized carbons (Fsp3) is 0.500. The number of methoxy groups -OCH3 is 1. The van der Waals surface area contributed by atoms with Crippen LogP contribution in [0.3, 0.4) is 0 Å². The summed E-state index contributed by atoms with van der Waals surface area (Å²) in [5, 5.41) is 9.16. The predicted molar refractivity (Wildman–Crippen MR) is 77.8 cm³/mol. The van der Waals surface area contributed by atoms with E-state index in [-0.39, 0.29) is 17.9 Å². The molecule has 0 radical (unpaired) electrons. The van der Waals surface area contributed by atoms with Crippen LogP contribution in [0, 0.1) is 0 Å². The van der Waals surface area contributed by atoms with Crippen molar-refractivity contribution in [2.45, 2.75) is 19.4 Å². The molecule has 1 aromatic rings. The molecule has 0 fully saturated rings. The number of aromatic carboxylic acids is 1. The molecule has 0 amide bonds. The number of carboxylic acid groups (broad SMARTS) is 1. The van der Waals surface area contributed by atoms with Gasteiger partial charge in [-0.2, -0.15) is 4.31 Å². The van der Waals surface area contributed by atoms with Gasteiger partial charge in [-0.25, -0.2) is 13.2 Å². The number of benzene rings is 1. The Bertz CT molecular complexity index is 626. The second-order valence-corrected chi connectivity index (χ2v) is 7.08. The van der Waals surface area contributed by atoms with Crippen LogP contribution in [0.15, 0.2) is 18.2 Å². The maximum atomic E-state index is 12.2. The van der Waals surface area contributed by atoms with E-state index in [1.165, 1.54) is 11.4 Å². The number of rotatable bonds is 6. The van der Waals surface area contributed by atoms with Gasteiger partial charge in [-0.3, -0.25) is 0 Å². The molecule has 0 aromatic heterocycles. The highest BCUT2D eigenvalue weighted by atomic mass is 32.2. The summed E-state index contributed by atoms with van der Waals surface area (Å²) in [5.74, 6) is -0.919. The van der Waals surface area contributed by atoms with Crippen molar-refractivity contribution in [1.82, 2.24) is 4.31 Å². The molecule has 6 nitrogen and oxygen atoms in total. The van der Waals surface area contributed by atoms with Crippen LogP contribution >= 0.6 is 0 Å². The second-order valence-electron chi connectivity index (χ2n) is 4.99. The standard InChI is InChI=1S/C14H19NO5S/c1-20-8-3-9-21(18,19)15-7-6-12-11(10-15)4-2-5-13(12)14(16)17/h2,4-5H,3,6-10H2,1H3,(H,16,17). The normalized spacial score (nSPS) is 15.7. The van der Waals surface area contributed by atoms with Gasteiger partial charge in [0.15, 0.2) is 0 Å². The van der Waals surface area contributed by atoms with Crippen molar-refractivity contribution in [1.29, 1.82) is 0 Å². The lowest BCUT2D eigenvalue weighted by Crippen LogP contribution is -2.38. The summed E-state index contributed by atoms with van der Waals surface area (Å²) in [6.07, 6.45) is 0.888. The zero-order valence-corrected chi connectivity index (χ0v) is 12.7. The van der Waals surface area contributed by atoms with Gasteiger partial charge >= 0.3 is 5.97 Å². The van der Waals surface area contributed by atoms with Gasteiger partial charge in [0.2, 0.25) is 10.0 Å². The number of hydrogen-bond donors (Lipinski definition) is 1. The van der Waals surface area contributed by atoms with Crippen LogP contribution in [0.2, 0.25) is 0 Å². The summed E-state index contributed by atoms with van der Waals surface area (Å²) in [6, 6.07) is 5.01. The lowest BCUT2D eigenvalue weighted by Gasteiger charge is -2.28. The Morgan fingerprint density at radius 3 is 2.86 bits per heavy atom. The molecule has 116 valence electrons. The average molecular weight is 313 g/mol. The van der Waals surface area contributed by atoms with Crippen molar-refractivity contribution in [3.63, 3.8) is 0 Å². The summed E-state index contributed by atoms with van der Waals surface area (Å²) < 4.78 is 30.8. The van der Waals surface area contributed by atoms with Crippen molar-refractivity contribution in [2.24, 2.45) is 0 Å². The van der Waals surface area contributed by atoms with Gasteiger partial charge < -0.3 is 9.84 Å². The van der Waals surface area contributed by atoms with Gasteiger partial charge in [0.25, 0.3) is 0 Å². The average Bonchev–Trinajstić information content (AvgIpc) is 2.46. The molecule has 1 aromatic carbocycles. The zero-order valence-electron chi connectivity index (χ0n) is 11.9. The van der Waals surface area contributed by atoms with Crippen molar-refractivity contribution in [3.8, 4) is 0 Å². The Morgan fingerprint density at radius 1 is 1.43 bits per heavy atom. The van der Waals surface area contributed by atoms with Crippen LogP contribution in [0.4, 0.5) is 0 Å². The quantitative estimate of drug-likeness (QED) is 0.795. The maximum absolute atomic E-state index is 12.2. The minimum Gasteiger partial charge on any atom is -0.478 e. The lowest BCUT2D eigenvalue weighted by atomic mass is 9.95. The van der Waals surface area contributed by atoms with Gasteiger partial charge in [0.05, 0.1) is 11.3 Å². The topological polar surface area (TPSA) is 83.9 Å². The summed E-state index contributed by atoms with van der Waals surface area (Å²) in [5.41, 5.74) is 1.79. The van der Waals surface area contributed by atoms with E-state index in [2.05, 4.69) is 0 Å². The summed E-state index contributed by atoms with van der Waals surface area (Å²) >= 11 is 0. The minimum atomic E-state index is -3.33. The van der Waals surface area contributed by atoms with E-state index in [0.29, 0.717) is 26.0 Å². The molecule has 0 atom stereocenters. The Balaban J connectivity index is 2.16. The fourth-order valence-corrected chi connectivity index (χ4v) is 3.98. The summed E-state index contributed by atoms with van der Waals surface area (Å²) in [4.78, 5) is 11.2. The minimum absolute atomic E-state index is 0.0504. The Hall–Kier alpha value is -1.44. The highest BCUT2D eigenvalue weighted by Gasteiger charge is 2.28. The predicted octanol–water partition coefficient (Wildman–Crippen LogP) is 1.11. The van der Waals surface area contributed by atoms with Gasteiger partial charge in [-0.15, -0.1) is 0 Å². The first-order valence-electron chi connectivity index (χ1n) is 6.76. The Morgan fingerprint density at radius 2 is 2.19 bits per heavy atom.